The standard InChI is InChI=1S/C6H10N2O2/c7-3-4-8-6(10)2-1-5-9/h9H,1-2,4-5H2,(H,8,10). The quantitative estimate of drug-likeness (QED) is 0.515. The maximum atomic E-state index is 10.6. The zero-order valence-electron chi connectivity index (χ0n) is 5.63. The van der Waals surface area contributed by atoms with Crippen molar-refractivity contribution in [2.24, 2.45) is 0 Å². The molecular weight excluding hydrogens is 132 g/mol. The minimum atomic E-state index is -0.185. The Hall–Kier alpha value is -1.08. The zero-order chi connectivity index (χ0) is 7.82. The van der Waals surface area contributed by atoms with E-state index in [1.54, 1.807) is 6.07 Å². The van der Waals surface area contributed by atoms with Gasteiger partial charge in [-0.3, -0.25) is 4.79 Å². The van der Waals surface area contributed by atoms with Crippen molar-refractivity contribution in [2.75, 3.05) is 13.2 Å². The number of nitriles is 1. The van der Waals surface area contributed by atoms with Crippen molar-refractivity contribution in [1.29, 1.82) is 5.26 Å². The molecule has 4 heteroatoms. The maximum absolute atomic E-state index is 10.6. The first-order valence-electron chi connectivity index (χ1n) is 3.05. The van der Waals surface area contributed by atoms with E-state index < -0.39 is 0 Å². The van der Waals surface area contributed by atoms with E-state index >= 15 is 0 Å². The molecule has 0 radical (unpaired) electrons. The second-order valence-corrected chi connectivity index (χ2v) is 1.76. The fourth-order valence-corrected chi connectivity index (χ4v) is 0.466. The number of carbonyl (C=O) groups excluding carboxylic acids is 1. The highest BCUT2D eigenvalue weighted by Gasteiger charge is 1.96. The van der Waals surface area contributed by atoms with Crippen LogP contribution in [0.1, 0.15) is 12.8 Å². The van der Waals surface area contributed by atoms with Crippen LogP contribution in [-0.2, 0) is 4.79 Å². The Balaban J connectivity index is 3.19. The van der Waals surface area contributed by atoms with Gasteiger partial charge in [0.1, 0.15) is 6.54 Å². The van der Waals surface area contributed by atoms with Gasteiger partial charge in [-0.25, -0.2) is 0 Å². The third kappa shape index (κ3) is 5.06. The summed E-state index contributed by atoms with van der Waals surface area (Å²) in [7, 11) is 0. The molecule has 0 aliphatic heterocycles. The third-order valence-corrected chi connectivity index (χ3v) is 0.927. The number of nitrogens with zero attached hydrogens (tertiary/aromatic N) is 1. The molecule has 0 fully saturated rings. The molecule has 0 spiro atoms. The number of rotatable bonds is 4. The van der Waals surface area contributed by atoms with Crippen molar-refractivity contribution in [3.05, 3.63) is 0 Å². The fourth-order valence-electron chi connectivity index (χ4n) is 0.466. The lowest BCUT2D eigenvalue weighted by Gasteiger charge is -1.96. The first-order valence-corrected chi connectivity index (χ1v) is 3.05. The van der Waals surface area contributed by atoms with E-state index in [2.05, 4.69) is 5.32 Å². The number of carbonyl (C=O) groups is 1. The molecule has 2 N–H and O–H groups in total. The summed E-state index contributed by atoms with van der Waals surface area (Å²) in [5.41, 5.74) is 0. The average Bonchev–Trinajstić information content (AvgIpc) is 1.97. The van der Waals surface area contributed by atoms with Crippen LogP contribution < -0.4 is 5.32 Å². The van der Waals surface area contributed by atoms with Gasteiger partial charge in [0.25, 0.3) is 0 Å². The summed E-state index contributed by atoms with van der Waals surface area (Å²) in [6, 6.07) is 1.78. The van der Waals surface area contributed by atoms with Gasteiger partial charge in [0.05, 0.1) is 6.07 Å². The Morgan fingerprint density at radius 1 is 1.70 bits per heavy atom. The van der Waals surface area contributed by atoms with Crippen LogP contribution in [-0.4, -0.2) is 24.2 Å². The molecule has 10 heavy (non-hydrogen) atoms. The highest BCUT2D eigenvalue weighted by Crippen LogP contribution is 1.84. The van der Waals surface area contributed by atoms with Crippen molar-refractivity contribution in [3.8, 4) is 6.07 Å². The average molecular weight is 142 g/mol. The van der Waals surface area contributed by atoms with Gasteiger partial charge in [-0.2, -0.15) is 5.26 Å². The highest BCUT2D eigenvalue weighted by molar-refractivity contribution is 5.75. The lowest BCUT2D eigenvalue weighted by Crippen LogP contribution is -2.23. The number of aliphatic hydroxyl groups excluding tert-OH is 1. The van der Waals surface area contributed by atoms with Crippen LogP contribution in [0.5, 0.6) is 0 Å². The smallest absolute Gasteiger partial charge is 0.220 e. The number of nitrogens with one attached hydrogen (secondary N) is 1. The van der Waals surface area contributed by atoms with Crippen molar-refractivity contribution >= 4 is 5.91 Å². The van der Waals surface area contributed by atoms with Crippen molar-refractivity contribution < 1.29 is 9.90 Å². The van der Waals surface area contributed by atoms with E-state index in [1.165, 1.54) is 0 Å². The van der Waals surface area contributed by atoms with E-state index in [9.17, 15) is 4.79 Å². The Bertz CT molecular complexity index is 139. The SMILES string of the molecule is N#CCNC(=O)CCCO. The zero-order valence-corrected chi connectivity index (χ0v) is 5.63. The van der Waals surface area contributed by atoms with Gasteiger partial charge in [-0.15, -0.1) is 0 Å². The molecule has 0 heterocycles. The van der Waals surface area contributed by atoms with Gasteiger partial charge in [-0.05, 0) is 6.42 Å². The summed E-state index contributed by atoms with van der Waals surface area (Å²) in [6.07, 6.45) is 0.745. The van der Waals surface area contributed by atoms with Crippen LogP contribution in [0.3, 0.4) is 0 Å². The lowest BCUT2D eigenvalue weighted by atomic mass is 10.3. The predicted molar refractivity (Wildman–Crippen MR) is 34.9 cm³/mol. The van der Waals surface area contributed by atoms with Gasteiger partial charge in [0.15, 0.2) is 0 Å². The van der Waals surface area contributed by atoms with E-state index in [0.29, 0.717) is 6.42 Å². The highest BCUT2D eigenvalue weighted by atomic mass is 16.3. The molecule has 0 saturated carbocycles. The van der Waals surface area contributed by atoms with E-state index in [1.807, 2.05) is 0 Å². The number of hydrogen-bond acceptors (Lipinski definition) is 3. The Labute approximate surface area is 59.5 Å². The molecule has 0 aromatic heterocycles. The number of aliphatic hydroxyl groups is 1. The Morgan fingerprint density at radius 3 is 2.90 bits per heavy atom. The van der Waals surface area contributed by atoms with Crippen molar-refractivity contribution in [1.82, 2.24) is 5.32 Å². The summed E-state index contributed by atoms with van der Waals surface area (Å²) < 4.78 is 0. The monoisotopic (exact) mass is 142 g/mol. The molecule has 0 unspecified atom stereocenters. The second-order valence-electron chi connectivity index (χ2n) is 1.76. The Kier molecular flexibility index (Phi) is 5.39. The molecule has 0 aromatic carbocycles. The summed E-state index contributed by atoms with van der Waals surface area (Å²) in [5.74, 6) is -0.185. The third-order valence-electron chi connectivity index (χ3n) is 0.927. The molecule has 0 aliphatic rings. The second kappa shape index (κ2) is 6.05. The topological polar surface area (TPSA) is 73.1 Å². The van der Waals surface area contributed by atoms with E-state index in [-0.39, 0.29) is 25.5 Å². The molecule has 0 atom stereocenters. The molecule has 0 bridgehead atoms. The van der Waals surface area contributed by atoms with Gasteiger partial charge < -0.3 is 10.4 Å². The first kappa shape index (κ1) is 8.92. The first-order chi connectivity index (χ1) is 4.81. The molecule has 0 aliphatic carbocycles. The van der Waals surface area contributed by atoms with Crippen molar-refractivity contribution in [2.45, 2.75) is 12.8 Å². The van der Waals surface area contributed by atoms with Crippen LogP contribution in [0.4, 0.5) is 0 Å². The maximum Gasteiger partial charge on any atom is 0.220 e. The van der Waals surface area contributed by atoms with Gasteiger partial charge in [0.2, 0.25) is 5.91 Å². The van der Waals surface area contributed by atoms with Gasteiger partial charge in [0, 0.05) is 13.0 Å². The summed E-state index contributed by atoms with van der Waals surface area (Å²) in [5, 5.41) is 18.7. The largest absolute Gasteiger partial charge is 0.396 e. The molecule has 1 amide bonds. The number of amides is 1. The van der Waals surface area contributed by atoms with Crippen LogP contribution >= 0.6 is 0 Å². The van der Waals surface area contributed by atoms with Crippen LogP contribution in [0.15, 0.2) is 0 Å². The van der Waals surface area contributed by atoms with Crippen LogP contribution in [0.25, 0.3) is 0 Å². The minimum Gasteiger partial charge on any atom is -0.396 e. The van der Waals surface area contributed by atoms with Gasteiger partial charge >= 0.3 is 0 Å². The van der Waals surface area contributed by atoms with E-state index in [0.717, 1.165) is 0 Å². The normalized spacial score (nSPS) is 8.40. The van der Waals surface area contributed by atoms with Gasteiger partial charge in [-0.1, -0.05) is 0 Å². The molecule has 0 saturated heterocycles. The Morgan fingerprint density at radius 2 is 2.40 bits per heavy atom. The molecule has 56 valence electrons. The number of hydrogen-bond donors (Lipinski definition) is 2. The lowest BCUT2D eigenvalue weighted by molar-refractivity contribution is -0.121. The predicted octanol–water partition coefficient (Wildman–Crippen LogP) is -0.601. The summed E-state index contributed by atoms with van der Waals surface area (Å²) in [4.78, 5) is 10.6. The molecular formula is C6H10N2O2. The van der Waals surface area contributed by atoms with Crippen molar-refractivity contribution in [3.63, 3.8) is 0 Å². The minimum absolute atomic E-state index is 0.0139. The fraction of sp³-hybridized carbons (Fsp3) is 0.667. The van der Waals surface area contributed by atoms with Crippen LogP contribution in [0.2, 0.25) is 0 Å². The molecule has 0 aromatic rings. The van der Waals surface area contributed by atoms with E-state index in [4.69, 9.17) is 10.4 Å². The summed E-state index contributed by atoms with van der Waals surface area (Å²) in [6.45, 7) is 0.0598. The molecule has 4 nitrogen and oxygen atoms in total. The van der Waals surface area contributed by atoms with Crippen LogP contribution in [0, 0.1) is 11.3 Å². The molecule has 0 rings (SSSR count). The summed E-state index contributed by atoms with van der Waals surface area (Å²) >= 11 is 0.